The minimum atomic E-state index is -0.123. The fourth-order valence-electron chi connectivity index (χ4n) is 2.28. The summed E-state index contributed by atoms with van der Waals surface area (Å²) in [5.41, 5.74) is 2.39. The number of hydrogen-bond donors (Lipinski definition) is 1. The number of phenols is 1. The fraction of sp³-hybridized carbons (Fsp3) is 0.316. The van der Waals surface area contributed by atoms with Crippen LogP contribution in [-0.4, -0.2) is 17.7 Å². The molecule has 0 fully saturated rings. The highest BCUT2D eigenvalue weighted by molar-refractivity contribution is 5.69. The van der Waals surface area contributed by atoms with Crippen molar-refractivity contribution in [3.05, 3.63) is 65.7 Å². The SMILES string of the molecule is O=C(CCCc1ccccc1)OCCCc1ccc(O)cc1. The van der Waals surface area contributed by atoms with E-state index in [1.54, 1.807) is 12.1 Å². The van der Waals surface area contributed by atoms with Gasteiger partial charge in [0.05, 0.1) is 6.61 Å². The largest absolute Gasteiger partial charge is 0.508 e. The molecule has 22 heavy (non-hydrogen) atoms. The number of phenolic OH excluding ortho intramolecular Hbond substituents is 1. The van der Waals surface area contributed by atoms with Crippen LogP contribution in [0.25, 0.3) is 0 Å². The molecule has 0 aliphatic rings. The Bertz CT molecular complexity index is 561. The van der Waals surface area contributed by atoms with Crippen molar-refractivity contribution in [3.63, 3.8) is 0 Å². The van der Waals surface area contributed by atoms with E-state index in [1.807, 2.05) is 30.3 Å². The van der Waals surface area contributed by atoms with Gasteiger partial charge in [-0.3, -0.25) is 4.79 Å². The van der Waals surface area contributed by atoms with Crippen molar-refractivity contribution in [3.8, 4) is 5.75 Å². The van der Waals surface area contributed by atoms with Gasteiger partial charge in [-0.25, -0.2) is 0 Å². The number of carbonyl (C=O) groups excluding carboxylic acids is 1. The fourth-order valence-corrected chi connectivity index (χ4v) is 2.28. The molecule has 116 valence electrons. The minimum absolute atomic E-state index is 0.123. The third-order valence-electron chi connectivity index (χ3n) is 3.50. The van der Waals surface area contributed by atoms with E-state index in [0.717, 1.165) is 31.2 Å². The molecule has 0 atom stereocenters. The van der Waals surface area contributed by atoms with Crippen molar-refractivity contribution < 1.29 is 14.6 Å². The van der Waals surface area contributed by atoms with Crippen molar-refractivity contribution in [1.29, 1.82) is 0 Å². The Hall–Kier alpha value is -2.29. The first-order chi connectivity index (χ1) is 10.7. The highest BCUT2D eigenvalue weighted by Gasteiger charge is 2.03. The molecular weight excluding hydrogens is 276 g/mol. The molecule has 0 amide bonds. The average molecular weight is 298 g/mol. The van der Waals surface area contributed by atoms with Crippen LogP contribution < -0.4 is 0 Å². The van der Waals surface area contributed by atoms with Crippen LogP contribution in [0.1, 0.15) is 30.4 Å². The van der Waals surface area contributed by atoms with E-state index in [9.17, 15) is 9.90 Å². The van der Waals surface area contributed by atoms with E-state index in [-0.39, 0.29) is 11.7 Å². The van der Waals surface area contributed by atoms with Crippen LogP contribution >= 0.6 is 0 Å². The normalized spacial score (nSPS) is 10.4. The van der Waals surface area contributed by atoms with Crippen molar-refractivity contribution in [1.82, 2.24) is 0 Å². The van der Waals surface area contributed by atoms with Gasteiger partial charge in [0, 0.05) is 6.42 Å². The van der Waals surface area contributed by atoms with Crippen LogP contribution in [0.15, 0.2) is 54.6 Å². The summed E-state index contributed by atoms with van der Waals surface area (Å²) in [6.45, 7) is 0.449. The number of carbonyl (C=O) groups is 1. The molecule has 0 aliphatic carbocycles. The van der Waals surface area contributed by atoms with Crippen molar-refractivity contribution >= 4 is 5.97 Å². The molecular formula is C19H22O3. The van der Waals surface area contributed by atoms with Gasteiger partial charge in [0.15, 0.2) is 0 Å². The van der Waals surface area contributed by atoms with Gasteiger partial charge < -0.3 is 9.84 Å². The van der Waals surface area contributed by atoms with Gasteiger partial charge in [-0.05, 0) is 48.9 Å². The van der Waals surface area contributed by atoms with Gasteiger partial charge in [-0.15, -0.1) is 0 Å². The number of esters is 1. The molecule has 0 spiro atoms. The highest BCUT2D eigenvalue weighted by atomic mass is 16.5. The molecule has 0 saturated carbocycles. The number of hydrogen-bond acceptors (Lipinski definition) is 3. The van der Waals surface area contributed by atoms with Gasteiger partial charge >= 0.3 is 5.97 Å². The Morgan fingerprint density at radius 3 is 2.23 bits per heavy atom. The van der Waals surface area contributed by atoms with E-state index in [1.165, 1.54) is 5.56 Å². The molecule has 0 radical (unpaired) electrons. The Balaban J connectivity index is 1.55. The van der Waals surface area contributed by atoms with Crippen LogP contribution in [0.2, 0.25) is 0 Å². The summed E-state index contributed by atoms with van der Waals surface area (Å²) < 4.78 is 5.24. The van der Waals surface area contributed by atoms with Crippen LogP contribution in [-0.2, 0) is 22.4 Å². The number of aromatic hydroxyl groups is 1. The van der Waals surface area contributed by atoms with Crippen molar-refractivity contribution in [2.75, 3.05) is 6.61 Å². The third kappa shape index (κ3) is 6.00. The summed E-state index contributed by atoms with van der Waals surface area (Å²) >= 11 is 0. The highest BCUT2D eigenvalue weighted by Crippen LogP contribution is 2.11. The first kappa shape index (κ1) is 16.1. The Kier molecular flexibility index (Phi) is 6.49. The Morgan fingerprint density at radius 2 is 1.50 bits per heavy atom. The van der Waals surface area contributed by atoms with E-state index >= 15 is 0 Å². The summed E-state index contributed by atoms with van der Waals surface area (Å²) in [5, 5.41) is 9.20. The first-order valence-electron chi connectivity index (χ1n) is 7.71. The summed E-state index contributed by atoms with van der Waals surface area (Å²) in [7, 11) is 0. The second-order valence-electron chi connectivity index (χ2n) is 5.33. The van der Waals surface area contributed by atoms with Crippen LogP contribution in [0, 0.1) is 0 Å². The molecule has 0 heterocycles. The van der Waals surface area contributed by atoms with E-state index < -0.39 is 0 Å². The smallest absolute Gasteiger partial charge is 0.305 e. The maximum Gasteiger partial charge on any atom is 0.305 e. The lowest BCUT2D eigenvalue weighted by atomic mass is 10.1. The summed E-state index contributed by atoms with van der Waals surface area (Å²) in [6, 6.07) is 17.3. The zero-order chi connectivity index (χ0) is 15.6. The molecule has 0 unspecified atom stereocenters. The molecule has 1 N–H and O–H groups in total. The second-order valence-corrected chi connectivity index (χ2v) is 5.33. The Labute approximate surface area is 131 Å². The maximum absolute atomic E-state index is 11.6. The van der Waals surface area contributed by atoms with Crippen LogP contribution in [0.4, 0.5) is 0 Å². The lowest BCUT2D eigenvalue weighted by Gasteiger charge is -2.05. The van der Waals surface area contributed by atoms with Crippen LogP contribution in [0.5, 0.6) is 5.75 Å². The van der Waals surface area contributed by atoms with Gasteiger partial charge in [0.1, 0.15) is 5.75 Å². The zero-order valence-electron chi connectivity index (χ0n) is 12.7. The second kappa shape index (κ2) is 8.88. The topological polar surface area (TPSA) is 46.5 Å². The molecule has 0 aliphatic heterocycles. The average Bonchev–Trinajstić information content (AvgIpc) is 2.54. The zero-order valence-corrected chi connectivity index (χ0v) is 12.7. The molecule has 3 heteroatoms. The predicted molar refractivity (Wildman–Crippen MR) is 86.8 cm³/mol. The minimum Gasteiger partial charge on any atom is -0.508 e. The quantitative estimate of drug-likeness (QED) is 0.594. The lowest BCUT2D eigenvalue weighted by Crippen LogP contribution is -2.07. The van der Waals surface area contributed by atoms with Crippen LogP contribution in [0.3, 0.4) is 0 Å². The molecule has 2 rings (SSSR count). The van der Waals surface area contributed by atoms with E-state index in [4.69, 9.17) is 4.74 Å². The summed E-state index contributed by atoms with van der Waals surface area (Å²) in [6.07, 6.45) is 3.84. The number of aryl methyl sites for hydroxylation is 2. The number of rotatable bonds is 8. The standard InChI is InChI=1S/C19H22O3/c20-18-13-11-17(12-14-18)9-5-15-22-19(21)10-4-8-16-6-2-1-3-7-16/h1-3,6-7,11-14,20H,4-5,8-10,15H2. The molecule has 0 aromatic heterocycles. The number of benzene rings is 2. The Morgan fingerprint density at radius 1 is 0.864 bits per heavy atom. The number of ether oxygens (including phenoxy) is 1. The summed E-state index contributed by atoms with van der Waals surface area (Å²) in [4.78, 5) is 11.6. The molecule has 0 saturated heterocycles. The maximum atomic E-state index is 11.6. The lowest BCUT2D eigenvalue weighted by molar-refractivity contribution is -0.143. The van der Waals surface area contributed by atoms with E-state index in [0.29, 0.717) is 13.0 Å². The van der Waals surface area contributed by atoms with Gasteiger partial charge in [-0.2, -0.15) is 0 Å². The van der Waals surface area contributed by atoms with Gasteiger partial charge in [-0.1, -0.05) is 42.5 Å². The molecule has 0 bridgehead atoms. The van der Waals surface area contributed by atoms with Crippen molar-refractivity contribution in [2.45, 2.75) is 32.1 Å². The molecule has 3 nitrogen and oxygen atoms in total. The third-order valence-corrected chi connectivity index (χ3v) is 3.50. The first-order valence-corrected chi connectivity index (χ1v) is 7.71. The molecule has 2 aromatic rings. The van der Waals surface area contributed by atoms with Gasteiger partial charge in [0.2, 0.25) is 0 Å². The van der Waals surface area contributed by atoms with Crippen molar-refractivity contribution in [2.24, 2.45) is 0 Å². The monoisotopic (exact) mass is 298 g/mol. The molecule has 2 aromatic carbocycles. The van der Waals surface area contributed by atoms with Gasteiger partial charge in [0.25, 0.3) is 0 Å². The predicted octanol–water partition coefficient (Wildman–Crippen LogP) is 3.89. The summed E-state index contributed by atoms with van der Waals surface area (Å²) in [5.74, 6) is 0.148. The van der Waals surface area contributed by atoms with E-state index in [2.05, 4.69) is 12.1 Å².